The first-order valence-corrected chi connectivity index (χ1v) is 10.6. The molecule has 0 N–H and O–H groups in total. The van der Waals surface area contributed by atoms with Gasteiger partial charge >= 0.3 is 0 Å². The molecule has 1 aromatic heterocycles. The number of hydrogen-bond donors (Lipinski definition) is 0. The molecular formula is C21H23ClIN3O2. The van der Waals surface area contributed by atoms with Crippen molar-refractivity contribution in [2.24, 2.45) is 0 Å². The lowest BCUT2D eigenvalue weighted by atomic mass is 10.1. The number of hydrogen-bond acceptors (Lipinski definition) is 4. The van der Waals surface area contributed by atoms with Crippen molar-refractivity contribution in [3.63, 3.8) is 0 Å². The van der Waals surface area contributed by atoms with E-state index >= 15 is 0 Å². The summed E-state index contributed by atoms with van der Waals surface area (Å²) in [6.07, 6.45) is 3.64. The standard InChI is InChI=1S/C21H23ClIN3O2/c1-4-11-26(21(27)20-19(23)18(22)9-10-24-20)17-7-5-16(6-8-17)25-12-14(2)28-15(3)13-25/h4-10,14-15H,1,11-13H2,2-3H3/t14-,15+. The van der Waals surface area contributed by atoms with E-state index in [1.54, 1.807) is 23.2 Å². The predicted octanol–water partition coefficient (Wildman–Crippen LogP) is 4.79. The highest BCUT2D eigenvalue weighted by Crippen LogP contribution is 2.27. The Balaban J connectivity index is 1.85. The van der Waals surface area contributed by atoms with Crippen molar-refractivity contribution in [3.05, 3.63) is 63.5 Å². The van der Waals surface area contributed by atoms with E-state index in [0.29, 0.717) is 20.8 Å². The summed E-state index contributed by atoms with van der Waals surface area (Å²) in [4.78, 5) is 21.3. The number of ether oxygens (including phenoxy) is 1. The second-order valence-corrected chi connectivity index (χ2v) is 8.32. The van der Waals surface area contributed by atoms with Gasteiger partial charge in [-0.3, -0.25) is 4.79 Å². The van der Waals surface area contributed by atoms with Gasteiger partial charge in [0, 0.05) is 37.2 Å². The zero-order valence-electron chi connectivity index (χ0n) is 15.9. The number of amides is 1. The van der Waals surface area contributed by atoms with Gasteiger partial charge < -0.3 is 14.5 Å². The summed E-state index contributed by atoms with van der Waals surface area (Å²) < 4.78 is 6.46. The summed E-state index contributed by atoms with van der Waals surface area (Å²) in [5.74, 6) is -0.201. The van der Waals surface area contributed by atoms with E-state index in [1.807, 2.05) is 24.3 Å². The van der Waals surface area contributed by atoms with Crippen LogP contribution in [0, 0.1) is 3.57 Å². The average Bonchev–Trinajstić information content (AvgIpc) is 2.67. The van der Waals surface area contributed by atoms with E-state index in [-0.39, 0.29) is 18.1 Å². The number of anilines is 2. The predicted molar refractivity (Wildman–Crippen MR) is 123 cm³/mol. The SMILES string of the molecule is C=CCN(C(=O)c1nccc(Cl)c1I)c1ccc(N2C[C@@H](C)O[C@@H](C)C2)cc1. The van der Waals surface area contributed by atoms with Gasteiger partial charge in [-0.1, -0.05) is 17.7 Å². The molecule has 5 nitrogen and oxygen atoms in total. The van der Waals surface area contributed by atoms with Gasteiger partial charge in [0.2, 0.25) is 0 Å². The highest BCUT2D eigenvalue weighted by molar-refractivity contribution is 14.1. The highest BCUT2D eigenvalue weighted by atomic mass is 127. The third-order valence-electron chi connectivity index (χ3n) is 4.55. The molecule has 0 radical (unpaired) electrons. The lowest BCUT2D eigenvalue weighted by Gasteiger charge is -2.37. The fourth-order valence-corrected chi connectivity index (χ4v) is 4.06. The maximum absolute atomic E-state index is 13.1. The van der Waals surface area contributed by atoms with E-state index in [9.17, 15) is 4.79 Å². The van der Waals surface area contributed by atoms with Crippen molar-refractivity contribution >= 4 is 51.5 Å². The quantitative estimate of drug-likeness (QED) is 0.428. The summed E-state index contributed by atoms with van der Waals surface area (Å²) in [6.45, 7) is 10.0. The minimum Gasteiger partial charge on any atom is -0.372 e. The summed E-state index contributed by atoms with van der Waals surface area (Å²) in [5, 5.41) is 0.517. The minimum atomic E-state index is -0.201. The Morgan fingerprint density at radius 1 is 1.32 bits per heavy atom. The zero-order chi connectivity index (χ0) is 20.3. The molecule has 7 heteroatoms. The number of carbonyl (C=O) groups is 1. The van der Waals surface area contributed by atoms with Crippen molar-refractivity contribution < 1.29 is 9.53 Å². The maximum Gasteiger partial charge on any atom is 0.278 e. The second kappa shape index (κ2) is 9.24. The summed E-state index contributed by atoms with van der Waals surface area (Å²) in [6, 6.07) is 9.68. The van der Waals surface area contributed by atoms with Gasteiger partial charge in [-0.15, -0.1) is 6.58 Å². The van der Waals surface area contributed by atoms with Crippen LogP contribution in [-0.2, 0) is 4.74 Å². The van der Waals surface area contributed by atoms with E-state index in [1.165, 1.54) is 0 Å². The summed E-state index contributed by atoms with van der Waals surface area (Å²) in [7, 11) is 0. The first kappa shape index (κ1) is 21.1. The van der Waals surface area contributed by atoms with Crippen LogP contribution in [0.1, 0.15) is 24.3 Å². The monoisotopic (exact) mass is 511 g/mol. The van der Waals surface area contributed by atoms with Crippen LogP contribution in [0.3, 0.4) is 0 Å². The van der Waals surface area contributed by atoms with Crippen LogP contribution in [0.25, 0.3) is 0 Å². The topological polar surface area (TPSA) is 45.7 Å². The Hall–Kier alpha value is -1.64. The number of pyridine rings is 1. The molecule has 3 rings (SSSR count). The van der Waals surface area contributed by atoms with Crippen LogP contribution in [0.2, 0.25) is 5.02 Å². The zero-order valence-corrected chi connectivity index (χ0v) is 18.9. The molecule has 0 spiro atoms. The normalized spacial score (nSPS) is 19.4. The molecule has 0 bridgehead atoms. The Kier molecular flexibility index (Phi) is 6.95. The molecule has 1 saturated heterocycles. The molecule has 2 atom stereocenters. The molecule has 1 amide bonds. The van der Waals surface area contributed by atoms with Gasteiger partial charge in [0.1, 0.15) is 5.69 Å². The Morgan fingerprint density at radius 3 is 2.57 bits per heavy atom. The van der Waals surface area contributed by atoms with Crippen molar-refractivity contribution in [2.45, 2.75) is 26.1 Å². The molecule has 148 valence electrons. The Labute approximate surface area is 184 Å². The number of halogens is 2. The average molecular weight is 512 g/mol. The van der Waals surface area contributed by atoms with Crippen LogP contribution in [0.4, 0.5) is 11.4 Å². The van der Waals surface area contributed by atoms with E-state index in [2.05, 4.69) is 52.9 Å². The third-order valence-corrected chi connectivity index (χ3v) is 6.27. The van der Waals surface area contributed by atoms with Gasteiger partial charge in [0.05, 0.1) is 20.8 Å². The number of carbonyl (C=O) groups excluding carboxylic acids is 1. The number of benzene rings is 1. The first-order chi connectivity index (χ1) is 13.4. The van der Waals surface area contributed by atoms with Crippen LogP contribution >= 0.6 is 34.2 Å². The molecule has 1 aromatic carbocycles. The van der Waals surface area contributed by atoms with Crippen molar-refractivity contribution in [3.8, 4) is 0 Å². The van der Waals surface area contributed by atoms with Crippen LogP contribution in [0.5, 0.6) is 0 Å². The fourth-order valence-electron chi connectivity index (χ4n) is 3.36. The smallest absolute Gasteiger partial charge is 0.278 e. The fraction of sp³-hybridized carbons (Fsp3) is 0.333. The molecule has 2 aromatic rings. The van der Waals surface area contributed by atoms with Crippen LogP contribution in [-0.4, -0.2) is 42.7 Å². The maximum atomic E-state index is 13.1. The highest BCUT2D eigenvalue weighted by Gasteiger charge is 2.24. The molecule has 0 saturated carbocycles. The number of morpholine rings is 1. The van der Waals surface area contributed by atoms with Gasteiger partial charge in [0.15, 0.2) is 0 Å². The lowest BCUT2D eigenvalue weighted by molar-refractivity contribution is -0.00521. The van der Waals surface area contributed by atoms with Crippen LogP contribution in [0.15, 0.2) is 49.2 Å². The molecule has 0 aliphatic carbocycles. The van der Waals surface area contributed by atoms with Gasteiger partial charge in [-0.25, -0.2) is 4.98 Å². The second-order valence-electron chi connectivity index (χ2n) is 6.84. The number of rotatable bonds is 5. The molecule has 0 unspecified atom stereocenters. The number of nitrogens with zero attached hydrogens (tertiary/aromatic N) is 3. The van der Waals surface area contributed by atoms with Gasteiger partial charge in [0.25, 0.3) is 5.91 Å². The minimum absolute atomic E-state index is 0.193. The van der Waals surface area contributed by atoms with Crippen molar-refractivity contribution in [2.75, 3.05) is 29.4 Å². The van der Waals surface area contributed by atoms with E-state index < -0.39 is 0 Å². The van der Waals surface area contributed by atoms with Crippen LogP contribution < -0.4 is 9.80 Å². The van der Waals surface area contributed by atoms with Crippen molar-refractivity contribution in [1.29, 1.82) is 0 Å². The first-order valence-electron chi connectivity index (χ1n) is 9.14. The molecule has 2 heterocycles. The number of aromatic nitrogens is 1. The molecule has 1 fully saturated rings. The van der Waals surface area contributed by atoms with Crippen molar-refractivity contribution in [1.82, 2.24) is 4.98 Å². The lowest BCUT2D eigenvalue weighted by Crippen LogP contribution is -2.45. The summed E-state index contributed by atoms with van der Waals surface area (Å²) >= 11 is 8.22. The molecule has 28 heavy (non-hydrogen) atoms. The van der Waals surface area contributed by atoms with E-state index in [0.717, 1.165) is 24.5 Å². The Bertz CT molecular complexity index is 849. The van der Waals surface area contributed by atoms with Gasteiger partial charge in [-0.2, -0.15) is 0 Å². The Morgan fingerprint density at radius 2 is 1.96 bits per heavy atom. The van der Waals surface area contributed by atoms with Gasteiger partial charge in [-0.05, 0) is 66.8 Å². The van der Waals surface area contributed by atoms with E-state index in [4.69, 9.17) is 16.3 Å². The molecule has 1 aliphatic rings. The molecular weight excluding hydrogens is 489 g/mol. The largest absolute Gasteiger partial charge is 0.372 e. The summed E-state index contributed by atoms with van der Waals surface area (Å²) in [5.41, 5.74) is 2.25. The third kappa shape index (κ3) is 4.67. The molecule has 1 aliphatic heterocycles.